The summed E-state index contributed by atoms with van der Waals surface area (Å²) < 4.78 is 5.32. The normalized spacial score (nSPS) is 19.4. The highest BCUT2D eigenvalue weighted by Gasteiger charge is 2.27. The highest BCUT2D eigenvalue weighted by atomic mass is 35.5. The fourth-order valence-corrected chi connectivity index (χ4v) is 4.05. The number of anilines is 1. The summed E-state index contributed by atoms with van der Waals surface area (Å²) in [6, 6.07) is 6.90. The molecule has 0 bridgehead atoms. The first-order valence-electron chi connectivity index (χ1n) is 10.1. The number of halogens is 1. The maximum atomic E-state index is 12.7. The molecule has 0 spiro atoms. The zero-order valence-corrected chi connectivity index (χ0v) is 17.4. The van der Waals surface area contributed by atoms with Crippen molar-refractivity contribution in [3.63, 3.8) is 0 Å². The van der Waals surface area contributed by atoms with Gasteiger partial charge in [-0.15, -0.1) is 12.4 Å². The van der Waals surface area contributed by atoms with Gasteiger partial charge in [0.1, 0.15) is 0 Å². The molecule has 2 aliphatic rings. The molecule has 0 radical (unpaired) electrons. The first-order valence-corrected chi connectivity index (χ1v) is 10.1. The van der Waals surface area contributed by atoms with E-state index in [2.05, 4.69) is 5.32 Å². The van der Waals surface area contributed by atoms with Crippen molar-refractivity contribution in [1.29, 1.82) is 0 Å². The Morgan fingerprint density at radius 2 is 1.68 bits per heavy atom. The van der Waals surface area contributed by atoms with Gasteiger partial charge in [-0.05, 0) is 55.9 Å². The van der Waals surface area contributed by atoms with E-state index in [1.54, 1.807) is 24.3 Å². The SMILES string of the molecule is CN(C(=O)c1ccc(NC(=O)C(N)C2CCOCC2)cc1)C1CCCCC1.Cl. The number of ether oxygens (including phenoxy) is 1. The lowest BCUT2D eigenvalue weighted by molar-refractivity contribution is -0.119. The lowest BCUT2D eigenvalue weighted by atomic mass is 9.92. The molecule has 1 aliphatic carbocycles. The monoisotopic (exact) mass is 409 g/mol. The van der Waals surface area contributed by atoms with Gasteiger partial charge >= 0.3 is 0 Å². The highest BCUT2D eigenvalue weighted by Crippen LogP contribution is 2.23. The van der Waals surface area contributed by atoms with Crippen molar-refractivity contribution in [1.82, 2.24) is 4.90 Å². The standard InChI is InChI=1S/C21H31N3O3.ClH/c1-24(18-5-3-2-4-6-18)21(26)16-7-9-17(10-8-16)23-20(25)19(22)15-11-13-27-14-12-15;/h7-10,15,18-19H,2-6,11-14,22H2,1H3,(H,23,25);1H. The van der Waals surface area contributed by atoms with Crippen LogP contribution in [0.2, 0.25) is 0 Å². The lowest BCUT2D eigenvalue weighted by Crippen LogP contribution is -2.44. The van der Waals surface area contributed by atoms with Gasteiger partial charge in [0.25, 0.3) is 5.91 Å². The smallest absolute Gasteiger partial charge is 0.253 e. The van der Waals surface area contributed by atoms with Crippen molar-refractivity contribution >= 4 is 29.9 Å². The van der Waals surface area contributed by atoms with E-state index in [1.807, 2.05) is 11.9 Å². The molecule has 1 aliphatic heterocycles. The number of amides is 2. The largest absolute Gasteiger partial charge is 0.381 e. The number of benzene rings is 1. The topological polar surface area (TPSA) is 84.7 Å². The number of rotatable bonds is 5. The molecule has 1 aromatic rings. The molecule has 1 heterocycles. The molecule has 1 aromatic carbocycles. The third-order valence-electron chi connectivity index (χ3n) is 5.92. The number of hydrogen-bond acceptors (Lipinski definition) is 4. The molecule has 28 heavy (non-hydrogen) atoms. The van der Waals surface area contributed by atoms with Crippen molar-refractivity contribution in [2.24, 2.45) is 11.7 Å². The zero-order chi connectivity index (χ0) is 19.2. The molecule has 3 rings (SSSR count). The van der Waals surface area contributed by atoms with Crippen LogP contribution in [0.5, 0.6) is 0 Å². The van der Waals surface area contributed by atoms with E-state index in [1.165, 1.54) is 19.3 Å². The van der Waals surface area contributed by atoms with Crippen LogP contribution in [0.25, 0.3) is 0 Å². The minimum absolute atomic E-state index is 0. The Kier molecular flexibility index (Phi) is 8.73. The van der Waals surface area contributed by atoms with Crippen LogP contribution in [0.15, 0.2) is 24.3 Å². The summed E-state index contributed by atoms with van der Waals surface area (Å²) in [5.41, 5.74) is 7.43. The van der Waals surface area contributed by atoms with E-state index in [0.29, 0.717) is 30.5 Å². The van der Waals surface area contributed by atoms with Crippen molar-refractivity contribution in [2.45, 2.75) is 57.0 Å². The van der Waals surface area contributed by atoms with E-state index in [9.17, 15) is 9.59 Å². The van der Waals surface area contributed by atoms with Crippen LogP contribution in [0, 0.1) is 5.92 Å². The maximum Gasteiger partial charge on any atom is 0.253 e. The Balaban J connectivity index is 0.00000280. The quantitative estimate of drug-likeness (QED) is 0.781. The molecule has 6 nitrogen and oxygen atoms in total. The van der Waals surface area contributed by atoms with E-state index in [4.69, 9.17) is 10.5 Å². The van der Waals surface area contributed by atoms with Crippen LogP contribution < -0.4 is 11.1 Å². The van der Waals surface area contributed by atoms with Gasteiger partial charge in [-0.25, -0.2) is 0 Å². The summed E-state index contributed by atoms with van der Waals surface area (Å²) in [5.74, 6) is 0.0164. The zero-order valence-electron chi connectivity index (χ0n) is 16.6. The summed E-state index contributed by atoms with van der Waals surface area (Å²) in [4.78, 5) is 27.0. The fraction of sp³-hybridized carbons (Fsp3) is 0.619. The van der Waals surface area contributed by atoms with Gasteiger partial charge in [-0.2, -0.15) is 0 Å². The number of carbonyl (C=O) groups excluding carboxylic acids is 2. The molecule has 1 saturated carbocycles. The molecule has 2 amide bonds. The van der Waals surface area contributed by atoms with Crippen LogP contribution in [0.4, 0.5) is 5.69 Å². The summed E-state index contributed by atoms with van der Waals surface area (Å²) in [5, 5.41) is 2.87. The van der Waals surface area contributed by atoms with E-state index >= 15 is 0 Å². The maximum absolute atomic E-state index is 12.7. The Bertz CT molecular complexity index is 641. The number of nitrogens with zero attached hydrogens (tertiary/aromatic N) is 1. The number of carbonyl (C=O) groups is 2. The molecule has 2 fully saturated rings. The van der Waals surface area contributed by atoms with E-state index in [0.717, 1.165) is 25.7 Å². The molecule has 1 unspecified atom stereocenters. The molecule has 156 valence electrons. The van der Waals surface area contributed by atoms with E-state index in [-0.39, 0.29) is 30.1 Å². The predicted molar refractivity (Wildman–Crippen MR) is 113 cm³/mol. The predicted octanol–water partition coefficient (Wildman–Crippen LogP) is 3.21. The molecular weight excluding hydrogens is 378 g/mol. The van der Waals surface area contributed by atoms with Crippen molar-refractivity contribution < 1.29 is 14.3 Å². The van der Waals surface area contributed by atoms with Gasteiger partial charge in [0, 0.05) is 37.6 Å². The molecular formula is C21H32ClN3O3. The van der Waals surface area contributed by atoms with Gasteiger partial charge in [0.15, 0.2) is 0 Å². The lowest BCUT2D eigenvalue weighted by Gasteiger charge is -2.31. The first kappa shape index (κ1) is 22.7. The minimum atomic E-state index is -0.535. The van der Waals surface area contributed by atoms with Crippen LogP contribution in [-0.2, 0) is 9.53 Å². The Labute approximate surface area is 173 Å². The average molecular weight is 410 g/mol. The number of nitrogens with one attached hydrogen (secondary N) is 1. The van der Waals surface area contributed by atoms with Crippen LogP contribution in [0.3, 0.4) is 0 Å². The van der Waals surface area contributed by atoms with Gasteiger partial charge in [0.2, 0.25) is 5.91 Å². The van der Waals surface area contributed by atoms with Crippen molar-refractivity contribution in [3.05, 3.63) is 29.8 Å². The summed E-state index contributed by atoms with van der Waals surface area (Å²) in [6.45, 7) is 1.33. The van der Waals surface area contributed by atoms with Crippen LogP contribution >= 0.6 is 12.4 Å². The minimum Gasteiger partial charge on any atom is -0.381 e. The summed E-state index contributed by atoms with van der Waals surface area (Å²) >= 11 is 0. The molecule has 1 saturated heterocycles. The van der Waals surface area contributed by atoms with Crippen molar-refractivity contribution in [2.75, 3.05) is 25.6 Å². The summed E-state index contributed by atoms with van der Waals surface area (Å²) in [7, 11) is 1.89. The van der Waals surface area contributed by atoms with Gasteiger partial charge in [-0.3, -0.25) is 9.59 Å². The Morgan fingerprint density at radius 3 is 2.29 bits per heavy atom. The molecule has 3 N–H and O–H groups in total. The second-order valence-electron chi connectivity index (χ2n) is 7.75. The van der Waals surface area contributed by atoms with Gasteiger partial charge < -0.3 is 20.7 Å². The third kappa shape index (κ3) is 5.69. The average Bonchev–Trinajstić information content (AvgIpc) is 2.74. The van der Waals surface area contributed by atoms with E-state index < -0.39 is 6.04 Å². The van der Waals surface area contributed by atoms with Crippen LogP contribution in [-0.4, -0.2) is 49.1 Å². The Morgan fingerprint density at radius 1 is 1.07 bits per heavy atom. The number of nitrogens with two attached hydrogens (primary N) is 1. The third-order valence-corrected chi connectivity index (χ3v) is 5.92. The van der Waals surface area contributed by atoms with Gasteiger partial charge in [-0.1, -0.05) is 19.3 Å². The second-order valence-corrected chi connectivity index (χ2v) is 7.75. The molecule has 7 heteroatoms. The number of hydrogen-bond donors (Lipinski definition) is 2. The fourth-order valence-electron chi connectivity index (χ4n) is 4.05. The molecule has 0 aromatic heterocycles. The first-order chi connectivity index (χ1) is 13.1. The van der Waals surface area contributed by atoms with Gasteiger partial charge in [0.05, 0.1) is 6.04 Å². The molecule has 1 atom stereocenters. The highest BCUT2D eigenvalue weighted by molar-refractivity contribution is 5.97. The summed E-state index contributed by atoms with van der Waals surface area (Å²) in [6.07, 6.45) is 7.45. The van der Waals surface area contributed by atoms with Crippen LogP contribution in [0.1, 0.15) is 55.3 Å². The van der Waals surface area contributed by atoms with Crippen molar-refractivity contribution in [3.8, 4) is 0 Å². The Hall–Kier alpha value is -1.63. The second kappa shape index (κ2) is 10.8.